The van der Waals surface area contributed by atoms with Crippen LogP contribution in [0.4, 0.5) is 11.5 Å². The van der Waals surface area contributed by atoms with E-state index in [9.17, 15) is 4.79 Å². The number of nitrogen functional groups attached to an aromatic ring is 1. The molecule has 6 heteroatoms. The second-order valence-corrected chi connectivity index (χ2v) is 3.59. The van der Waals surface area contributed by atoms with Gasteiger partial charge in [-0.1, -0.05) is 13.8 Å². The first-order valence-electron chi connectivity index (χ1n) is 4.69. The molecule has 1 aromatic rings. The number of ether oxygens (including phenoxy) is 1. The van der Waals surface area contributed by atoms with E-state index in [0.29, 0.717) is 11.5 Å². The second-order valence-electron chi connectivity index (χ2n) is 3.59. The lowest BCUT2D eigenvalue weighted by Gasteiger charge is -2.20. The van der Waals surface area contributed by atoms with Crippen LogP contribution in [-0.2, 0) is 9.53 Å². The van der Waals surface area contributed by atoms with Crippen molar-refractivity contribution in [3.05, 3.63) is 6.20 Å². The number of nitrogens with two attached hydrogens (primary N) is 1. The van der Waals surface area contributed by atoms with Gasteiger partial charge in [-0.05, 0) is 5.92 Å². The van der Waals surface area contributed by atoms with Gasteiger partial charge in [0, 0.05) is 0 Å². The number of H-pyrrole nitrogens is 1. The number of nitrogens with one attached hydrogen (secondary N) is 2. The van der Waals surface area contributed by atoms with Crippen LogP contribution in [0.1, 0.15) is 13.8 Å². The lowest BCUT2D eigenvalue weighted by Crippen LogP contribution is -2.35. The van der Waals surface area contributed by atoms with Gasteiger partial charge in [0.15, 0.2) is 0 Å². The molecule has 0 amide bonds. The second kappa shape index (κ2) is 4.68. The zero-order valence-electron chi connectivity index (χ0n) is 9.07. The van der Waals surface area contributed by atoms with Crippen LogP contribution in [0.2, 0.25) is 0 Å². The molecule has 0 aliphatic heterocycles. The highest BCUT2D eigenvalue weighted by Crippen LogP contribution is 2.17. The van der Waals surface area contributed by atoms with E-state index < -0.39 is 6.04 Å². The zero-order chi connectivity index (χ0) is 11.4. The van der Waals surface area contributed by atoms with Crippen LogP contribution >= 0.6 is 0 Å². The fourth-order valence-corrected chi connectivity index (χ4v) is 1.20. The lowest BCUT2D eigenvalue weighted by atomic mass is 10.0. The number of rotatable bonds is 4. The number of carbonyl (C=O) groups excluding carboxylic acids is 1. The fourth-order valence-electron chi connectivity index (χ4n) is 1.20. The van der Waals surface area contributed by atoms with E-state index in [1.165, 1.54) is 13.3 Å². The van der Waals surface area contributed by atoms with Crippen molar-refractivity contribution in [2.24, 2.45) is 5.92 Å². The minimum Gasteiger partial charge on any atom is -0.467 e. The Morgan fingerprint density at radius 1 is 1.67 bits per heavy atom. The van der Waals surface area contributed by atoms with Gasteiger partial charge in [-0.3, -0.25) is 5.10 Å². The molecule has 6 nitrogen and oxygen atoms in total. The topological polar surface area (TPSA) is 93.0 Å². The normalized spacial score (nSPS) is 12.5. The third kappa shape index (κ3) is 2.61. The molecule has 0 spiro atoms. The average Bonchev–Trinajstić information content (AvgIpc) is 2.59. The van der Waals surface area contributed by atoms with Crippen molar-refractivity contribution in [2.45, 2.75) is 19.9 Å². The van der Waals surface area contributed by atoms with Crippen LogP contribution in [-0.4, -0.2) is 29.3 Å². The molecule has 0 saturated carbocycles. The lowest BCUT2D eigenvalue weighted by molar-refractivity contribution is -0.142. The van der Waals surface area contributed by atoms with Gasteiger partial charge in [0.05, 0.1) is 19.0 Å². The standard InChI is InChI=1S/C9H16N4O2/c1-5(2)7(9(14)15-3)12-6-4-11-13-8(6)10/h4-5,7,12H,1-3H3,(H3,10,11,13). The van der Waals surface area contributed by atoms with E-state index in [2.05, 4.69) is 20.3 Å². The smallest absolute Gasteiger partial charge is 0.328 e. The molecule has 84 valence electrons. The summed E-state index contributed by atoms with van der Waals surface area (Å²) in [7, 11) is 1.36. The molecule has 0 aromatic carbocycles. The molecule has 0 radical (unpaired) electrons. The number of hydrogen-bond acceptors (Lipinski definition) is 5. The van der Waals surface area contributed by atoms with Crippen LogP contribution in [0.5, 0.6) is 0 Å². The maximum Gasteiger partial charge on any atom is 0.328 e. The highest BCUT2D eigenvalue weighted by molar-refractivity contribution is 5.80. The van der Waals surface area contributed by atoms with Crippen LogP contribution in [0.3, 0.4) is 0 Å². The third-order valence-electron chi connectivity index (χ3n) is 2.10. The first kappa shape index (κ1) is 11.4. The predicted octanol–water partition coefficient (Wildman–Crippen LogP) is 0.601. The molecular formula is C9H16N4O2. The van der Waals surface area contributed by atoms with Crippen molar-refractivity contribution in [3.8, 4) is 0 Å². The van der Waals surface area contributed by atoms with E-state index >= 15 is 0 Å². The van der Waals surface area contributed by atoms with Gasteiger partial charge in [0.2, 0.25) is 0 Å². The fraction of sp³-hybridized carbons (Fsp3) is 0.556. The Kier molecular flexibility index (Phi) is 3.54. The third-order valence-corrected chi connectivity index (χ3v) is 2.10. The summed E-state index contributed by atoms with van der Waals surface area (Å²) in [6, 6.07) is -0.421. The van der Waals surface area contributed by atoms with Crippen LogP contribution < -0.4 is 11.1 Å². The summed E-state index contributed by atoms with van der Waals surface area (Å²) in [4.78, 5) is 11.4. The van der Waals surface area contributed by atoms with Gasteiger partial charge in [-0.25, -0.2) is 4.79 Å². The molecule has 0 aliphatic carbocycles. The monoisotopic (exact) mass is 212 g/mol. The number of aromatic nitrogens is 2. The number of hydrogen-bond donors (Lipinski definition) is 3. The molecule has 0 bridgehead atoms. The van der Waals surface area contributed by atoms with Gasteiger partial charge in [-0.15, -0.1) is 0 Å². The molecule has 1 atom stereocenters. The number of aromatic amines is 1. The summed E-state index contributed by atoms with van der Waals surface area (Å²) < 4.78 is 4.69. The molecular weight excluding hydrogens is 196 g/mol. The van der Waals surface area contributed by atoms with Crippen LogP contribution in [0.15, 0.2) is 6.20 Å². The first-order chi connectivity index (χ1) is 7.06. The Labute approximate surface area is 88.2 Å². The zero-order valence-corrected chi connectivity index (χ0v) is 9.07. The van der Waals surface area contributed by atoms with E-state index in [1.54, 1.807) is 0 Å². The van der Waals surface area contributed by atoms with E-state index in [1.807, 2.05) is 13.8 Å². The van der Waals surface area contributed by atoms with Gasteiger partial charge >= 0.3 is 5.97 Å². The van der Waals surface area contributed by atoms with Crippen molar-refractivity contribution >= 4 is 17.5 Å². The number of carbonyl (C=O) groups is 1. The quantitative estimate of drug-likeness (QED) is 0.635. The van der Waals surface area contributed by atoms with Gasteiger partial charge in [-0.2, -0.15) is 5.10 Å². The largest absolute Gasteiger partial charge is 0.467 e. The molecule has 0 fully saturated rings. The molecule has 1 unspecified atom stereocenters. The van der Waals surface area contributed by atoms with E-state index in [4.69, 9.17) is 5.73 Å². The van der Waals surface area contributed by atoms with Gasteiger partial charge < -0.3 is 15.8 Å². The Balaban J connectivity index is 2.76. The maximum absolute atomic E-state index is 11.4. The summed E-state index contributed by atoms with van der Waals surface area (Å²) in [5.41, 5.74) is 6.21. The van der Waals surface area contributed by atoms with Crippen LogP contribution in [0, 0.1) is 5.92 Å². The highest BCUT2D eigenvalue weighted by Gasteiger charge is 2.23. The molecule has 0 aliphatic rings. The Bertz CT molecular complexity index is 335. The summed E-state index contributed by atoms with van der Waals surface area (Å²) in [5, 5.41) is 9.32. The molecule has 1 rings (SSSR count). The molecule has 15 heavy (non-hydrogen) atoms. The summed E-state index contributed by atoms with van der Waals surface area (Å²) in [6.07, 6.45) is 1.54. The maximum atomic E-state index is 11.4. The van der Waals surface area contributed by atoms with Gasteiger partial charge in [0.25, 0.3) is 0 Å². The van der Waals surface area contributed by atoms with Crippen molar-refractivity contribution < 1.29 is 9.53 Å². The first-order valence-corrected chi connectivity index (χ1v) is 4.69. The number of anilines is 2. The van der Waals surface area contributed by atoms with Crippen molar-refractivity contribution in [1.29, 1.82) is 0 Å². The Morgan fingerprint density at radius 2 is 2.33 bits per heavy atom. The number of esters is 1. The number of methoxy groups -OCH3 is 1. The molecule has 1 heterocycles. The van der Waals surface area contributed by atoms with Crippen molar-refractivity contribution in [1.82, 2.24) is 10.2 Å². The Hall–Kier alpha value is -1.72. The molecule has 0 saturated heterocycles. The summed E-state index contributed by atoms with van der Waals surface area (Å²) >= 11 is 0. The van der Waals surface area contributed by atoms with Crippen molar-refractivity contribution in [3.63, 3.8) is 0 Å². The Morgan fingerprint density at radius 3 is 2.73 bits per heavy atom. The molecule has 4 N–H and O–H groups in total. The average molecular weight is 212 g/mol. The van der Waals surface area contributed by atoms with Crippen molar-refractivity contribution in [2.75, 3.05) is 18.2 Å². The predicted molar refractivity (Wildman–Crippen MR) is 57.3 cm³/mol. The van der Waals surface area contributed by atoms with E-state index in [-0.39, 0.29) is 11.9 Å². The van der Waals surface area contributed by atoms with Gasteiger partial charge in [0.1, 0.15) is 11.9 Å². The summed E-state index contributed by atoms with van der Waals surface area (Å²) in [5.74, 6) is 0.196. The minimum atomic E-state index is -0.421. The number of nitrogens with zero attached hydrogens (tertiary/aromatic N) is 1. The molecule has 1 aromatic heterocycles. The van der Waals surface area contributed by atoms with Crippen LogP contribution in [0.25, 0.3) is 0 Å². The SMILES string of the molecule is COC(=O)C(Nc1cn[nH]c1N)C(C)C. The summed E-state index contributed by atoms with van der Waals surface area (Å²) in [6.45, 7) is 3.84. The van der Waals surface area contributed by atoms with E-state index in [0.717, 1.165) is 0 Å². The highest BCUT2D eigenvalue weighted by atomic mass is 16.5. The minimum absolute atomic E-state index is 0.103.